The van der Waals surface area contributed by atoms with E-state index < -0.39 is 0 Å². The second kappa shape index (κ2) is 18.9. The molecule has 1 rings (SSSR count). The molecule has 1 aromatic carbocycles. The molecule has 0 saturated carbocycles. The number of hydrogen-bond acceptors (Lipinski definition) is 0. The van der Waals surface area contributed by atoms with Gasteiger partial charge in [-0.1, -0.05) is 65.0 Å². The Labute approximate surface area is 160 Å². The number of rotatable bonds is 0. The molecule has 0 unspecified atom stereocenters. The summed E-state index contributed by atoms with van der Waals surface area (Å²) in [6.45, 7) is 10.7. The molecule has 0 radical (unpaired) electrons. The molecule has 0 N–H and O–H groups in total. The standard InChI is InChI=1S/C10H14.C2H6.I3.I2/c1-10(2,3)9-7-5-4-6-8-9;1-2;1-3-2;1-2/h4-8H,1-3H3;1-2H3;;/q;;-1;. The summed E-state index contributed by atoms with van der Waals surface area (Å²) in [5.74, 6) is 0. The van der Waals surface area contributed by atoms with Crippen LogP contribution in [-0.4, -0.2) is 0 Å². The first kappa shape index (κ1) is 24.9. The van der Waals surface area contributed by atoms with Crippen LogP contribution in [0.3, 0.4) is 0 Å². The first-order valence-electron chi connectivity index (χ1n) is 5.09. The van der Waals surface area contributed by atoms with E-state index in [4.69, 9.17) is 0 Å². The molecule has 0 aliphatic heterocycles. The Balaban J connectivity index is -0.000000239. The number of halogens is 5. The Morgan fingerprint density at radius 2 is 1.18 bits per heavy atom. The molecular weight excluding hydrogens is 779 g/mol. The minimum atomic E-state index is 0.293. The van der Waals surface area contributed by atoms with Crippen LogP contribution in [0.5, 0.6) is 0 Å². The van der Waals surface area contributed by atoms with E-state index >= 15 is 0 Å². The summed E-state index contributed by atoms with van der Waals surface area (Å²) < 4.78 is 0. The summed E-state index contributed by atoms with van der Waals surface area (Å²) >= 11 is 9.54. The molecule has 0 saturated heterocycles. The van der Waals surface area contributed by atoms with Crippen molar-refractivity contribution in [3.05, 3.63) is 35.9 Å². The summed E-state index contributed by atoms with van der Waals surface area (Å²) in [4.78, 5) is 0. The Morgan fingerprint density at radius 1 is 0.882 bits per heavy atom. The Kier molecular flexibility index (Phi) is 27.6. The fourth-order valence-electron chi connectivity index (χ4n) is 0.938. The first-order valence-corrected chi connectivity index (χ1v) is 23.9. The zero-order valence-electron chi connectivity index (χ0n) is 10.8. The van der Waals surface area contributed by atoms with Crippen molar-refractivity contribution in [2.75, 3.05) is 0 Å². The molecule has 0 heterocycles. The Bertz CT molecular complexity index is 218. The van der Waals surface area contributed by atoms with E-state index in [1.54, 1.807) is 0 Å². The molecule has 0 amide bonds. The van der Waals surface area contributed by atoms with Gasteiger partial charge in [-0.15, -0.1) is 0 Å². The zero-order chi connectivity index (χ0) is 14.3. The van der Waals surface area contributed by atoms with Crippen LogP contribution in [0.25, 0.3) is 0 Å². The molecule has 0 atom stereocenters. The Morgan fingerprint density at radius 3 is 1.35 bits per heavy atom. The van der Waals surface area contributed by atoms with Gasteiger partial charge in [0.2, 0.25) is 0 Å². The van der Waals surface area contributed by atoms with Crippen LogP contribution in [0, 0.1) is 0 Å². The van der Waals surface area contributed by atoms with Gasteiger partial charge in [-0.3, -0.25) is 0 Å². The summed E-state index contributed by atoms with van der Waals surface area (Å²) in [6.07, 6.45) is 0. The van der Waals surface area contributed by atoms with E-state index in [9.17, 15) is 0 Å². The van der Waals surface area contributed by atoms with Gasteiger partial charge in [0.25, 0.3) is 0 Å². The van der Waals surface area contributed by atoms with E-state index in [0.29, 0.717) is 18.7 Å². The summed E-state index contributed by atoms with van der Waals surface area (Å²) in [5, 5.41) is 0. The van der Waals surface area contributed by atoms with Crippen molar-refractivity contribution in [1.82, 2.24) is 0 Å². The molecule has 0 spiro atoms. The molecule has 0 aliphatic rings. The van der Waals surface area contributed by atoms with E-state index in [0.717, 1.165) is 0 Å². The van der Waals surface area contributed by atoms with Crippen LogP contribution in [0.2, 0.25) is 0 Å². The molecule has 1 aromatic rings. The average molecular weight is 799 g/mol. The van der Waals surface area contributed by atoms with Crippen molar-refractivity contribution < 1.29 is 13.3 Å². The van der Waals surface area contributed by atoms with Gasteiger partial charge in [-0.25, -0.2) is 0 Å². The van der Waals surface area contributed by atoms with Crippen LogP contribution in [-0.2, 0) is 5.41 Å². The van der Waals surface area contributed by atoms with E-state index in [2.05, 4.69) is 126 Å². The summed E-state index contributed by atoms with van der Waals surface area (Å²) in [7, 11) is 0. The fraction of sp³-hybridized carbons (Fsp3) is 0.500. The van der Waals surface area contributed by atoms with Crippen LogP contribution < -0.4 is 13.3 Å². The van der Waals surface area contributed by atoms with Crippen molar-refractivity contribution in [1.29, 1.82) is 0 Å². The van der Waals surface area contributed by atoms with Crippen LogP contribution >= 0.6 is 74.5 Å². The number of hydrogen-bond donors (Lipinski definition) is 0. The Hall–Kier alpha value is 2.87. The van der Waals surface area contributed by atoms with Crippen molar-refractivity contribution >= 4 is 74.5 Å². The second-order valence-corrected chi connectivity index (χ2v) is 19.9. The molecular formula is C12H20I5-. The average Bonchev–Trinajstić information content (AvgIpc) is 2.35. The van der Waals surface area contributed by atoms with Gasteiger partial charge in [-0.2, -0.15) is 0 Å². The molecule has 104 valence electrons. The molecule has 0 nitrogen and oxygen atoms in total. The summed E-state index contributed by atoms with van der Waals surface area (Å²) in [6, 6.07) is 10.6. The quantitative estimate of drug-likeness (QED) is 0.339. The van der Waals surface area contributed by atoms with Gasteiger partial charge in [0.05, 0.1) is 0 Å². The predicted octanol–water partition coefficient (Wildman–Crippen LogP) is 4.56. The SMILES string of the molecule is CC.CC(C)(C)c1ccccc1.II.I[I-]I. The maximum absolute atomic E-state index is 2.39. The summed E-state index contributed by atoms with van der Waals surface area (Å²) in [5.41, 5.74) is 1.69. The van der Waals surface area contributed by atoms with Crippen molar-refractivity contribution in [3.8, 4) is 0 Å². The molecule has 5 heteroatoms. The molecule has 0 bridgehead atoms. The van der Waals surface area contributed by atoms with Crippen molar-refractivity contribution in [3.63, 3.8) is 0 Å². The van der Waals surface area contributed by atoms with Crippen LogP contribution in [0.4, 0.5) is 0 Å². The predicted molar refractivity (Wildman–Crippen MR) is 113 cm³/mol. The number of benzene rings is 1. The third-order valence-corrected chi connectivity index (χ3v) is 1.64. The van der Waals surface area contributed by atoms with E-state index in [-0.39, 0.29) is 0 Å². The monoisotopic (exact) mass is 799 g/mol. The van der Waals surface area contributed by atoms with Crippen molar-refractivity contribution in [2.24, 2.45) is 0 Å². The van der Waals surface area contributed by atoms with Crippen molar-refractivity contribution in [2.45, 2.75) is 40.0 Å². The van der Waals surface area contributed by atoms with Crippen LogP contribution in [0.15, 0.2) is 30.3 Å². The maximum atomic E-state index is 2.39. The molecule has 0 aliphatic carbocycles. The molecule has 0 fully saturated rings. The molecule has 17 heavy (non-hydrogen) atoms. The third kappa shape index (κ3) is 18.9. The van der Waals surface area contributed by atoms with Gasteiger partial charge in [0, 0.05) is 37.2 Å². The minimum absolute atomic E-state index is 0.293. The van der Waals surface area contributed by atoms with Gasteiger partial charge in [-0.05, 0) is 11.0 Å². The van der Waals surface area contributed by atoms with Gasteiger partial charge < -0.3 is 0 Å². The molecule has 0 aromatic heterocycles. The fourth-order valence-corrected chi connectivity index (χ4v) is 0.938. The second-order valence-electron chi connectivity index (χ2n) is 3.67. The zero-order valence-corrected chi connectivity index (χ0v) is 21.6. The van der Waals surface area contributed by atoms with Gasteiger partial charge in [0.1, 0.15) is 0 Å². The van der Waals surface area contributed by atoms with Gasteiger partial charge >= 0.3 is 50.5 Å². The van der Waals surface area contributed by atoms with Crippen LogP contribution in [0.1, 0.15) is 40.2 Å². The van der Waals surface area contributed by atoms with E-state index in [1.165, 1.54) is 5.56 Å². The third-order valence-electron chi connectivity index (χ3n) is 1.64. The first-order chi connectivity index (χ1) is 8.02. The normalized spacial score (nSPS) is 8.76. The van der Waals surface area contributed by atoms with Gasteiger partial charge in [0.15, 0.2) is 0 Å². The topological polar surface area (TPSA) is 0 Å². The van der Waals surface area contributed by atoms with E-state index in [1.807, 2.05) is 13.8 Å².